The van der Waals surface area contributed by atoms with Gasteiger partial charge in [-0.15, -0.1) is 11.3 Å². The van der Waals surface area contributed by atoms with Gasteiger partial charge in [0.2, 0.25) is 5.91 Å². The molecule has 1 amide bonds. The van der Waals surface area contributed by atoms with E-state index in [1.807, 2.05) is 50.1 Å². The second-order valence-electron chi connectivity index (χ2n) is 7.22. The van der Waals surface area contributed by atoms with Crippen molar-refractivity contribution in [3.8, 4) is 0 Å². The molecule has 0 bridgehead atoms. The number of hydrogen-bond acceptors (Lipinski definition) is 5. The lowest BCUT2D eigenvalue weighted by Gasteiger charge is -2.31. The maximum atomic E-state index is 13.3. The zero-order valence-electron chi connectivity index (χ0n) is 17.4. The van der Waals surface area contributed by atoms with Crippen LogP contribution in [0.1, 0.15) is 46.7 Å². The van der Waals surface area contributed by atoms with Crippen molar-refractivity contribution in [1.82, 2.24) is 4.98 Å². The Labute approximate surface area is 167 Å². The van der Waals surface area contributed by atoms with E-state index in [0.717, 1.165) is 41.7 Å². The molecule has 0 spiro atoms. The third-order valence-corrected chi connectivity index (χ3v) is 6.02. The minimum atomic E-state index is -0.417. The predicted molar refractivity (Wildman–Crippen MR) is 117 cm³/mol. The molecule has 148 valence electrons. The lowest BCUT2D eigenvalue weighted by Crippen LogP contribution is -2.40. The van der Waals surface area contributed by atoms with Crippen molar-refractivity contribution in [2.24, 2.45) is 5.41 Å². The molecule has 1 heterocycles. The molecule has 1 N–H and O–H groups in total. The van der Waals surface area contributed by atoms with E-state index >= 15 is 0 Å². The molecule has 0 aliphatic heterocycles. The SMILES string of the molecule is CCN(CC)c1nc(CN(C(=O)C(C)(C)CC)c2ccc(NC)cc2)cs1. The molecule has 0 saturated carbocycles. The first kappa shape index (κ1) is 21.2. The highest BCUT2D eigenvalue weighted by molar-refractivity contribution is 7.13. The summed E-state index contributed by atoms with van der Waals surface area (Å²) in [5, 5.41) is 6.20. The van der Waals surface area contributed by atoms with Crippen molar-refractivity contribution in [2.75, 3.05) is 35.3 Å². The summed E-state index contributed by atoms with van der Waals surface area (Å²) in [6.07, 6.45) is 0.790. The number of anilines is 3. The van der Waals surface area contributed by atoms with E-state index in [0.29, 0.717) is 6.54 Å². The molecule has 1 aromatic heterocycles. The average molecular weight is 389 g/mol. The van der Waals surface area contributed by atoms with Crippen LogP contribution < -0.4 is 15.1 Å². The molecule has 0 aliphatic carbocycles. The first-order chi connectivity index (χ1) is 12.9. The van der Waals surface area contributed by atoms with Gasteiger partial charge in [-0.2, -0.15) is 0 Å². The number of carbonyl (C=O) groups is 1. The number of nitrogens with one attached hydrogen (secondary N) is 1. The van der Waals surface area contributed by atoms with E-state index in [1.165, 1.54) is 0 Å². The smallest absolute Gasteiger partial charge is 0.232 e. The van der Waals surface area contributed by atoms with Gasteiger partial charge >= 0.3 is 0 Å². The summed E-state index contributed by atoms with van der Waals surface area (Å²) in [6, 6.07) is 7.98. The minimum absolute atomic E-state index is 0.125. The van der Waals surface area contributed by atoms with Crippen LogP contribution in [0, 0.1) is 5.41 Å². The maximum absolute atomic E-state index is 13.3. The zero-order valence-corrected chi connectivity index (χ0v) is 18.2. The molecule has 1 aromatic carbocycles. The molecule has 0 fully saturated rings. The fraction of sp³-hybridized carbons (Fsp3) is 0.524. The summed E-state index contributed by atoms with van der Waals surface area (Å²) in [5.74, 6) is 0.125. The zero-order chi connectivity index (χ0) is 20.0. The predicted octanol–water partition coefficient (Wildman–Crippen LogP) is 5.00. The second kappa shape index (κ2) is 9.22. The van der Waals surface area contributed by atoms with Gasteiger partial charge in [0.15, 0.2) is 5.13 Å². The van der Waals surface area contributed by atoms with E-state index in [4.69, 9.17) is 4.98 Å². The van der Waals surface area contributed by atoms with Crippen molar-refractivity contribution in [3.05, 3.63) is 35.3 Å². The highest BCUT2D eigenvalue weighted by Gasteiger charge is 2.31. The molecule has 6 heteroatoms. The highest BCUT2D eigenvalue weighted by Crippen LogP contribution is 2.30. The van der Waals surface area contributed by atoms with Crippen LogP contribution in [0.5, 0.6) is 0 Å². The van der Waals surface area contributed by atoms with Gasteiger partial charge in [0.25, 0.3) is 0 Å². The first-order valence-corrected chi connectivity index (χ1v) is 10.5. The van der Waals surface area contributed by atoms with Gasteiger partial charge in [-0.1, -0.05) is 20.8 Å². The highest BCUT2D eigenvalue weighted by atomic mass is 32.1. The van der Waals surface area contributed by atoms with Crippen LogP contribution in [0.15, 0.2) is 29.6 Å². The third-order valence-electron chi connectivity index (χ3n) is 5.07. The topological polar surface area (TPSA) is 48.5 Å². The van der Waals surface area contributed by atoms with Gasteiger partial charge in [0.05, 0.1) is 12.2 Å². The van der Waals surface area contributed by atoms with Gasteiger partial charge in [-0.25, -0.2) is 4.98 Å². The number of hydrogen-bond donors (Lipinski definition) is 1. The van der Waals surface area contributed by atoms with E-state index in [1.54, 1.807) is 11.3 Å². The van der Waals surface area contributed by atoms with Crippen molar-refractivity contribution in [2.45, 2.75) is 47.6 Å². The van der Waals surface area contributed by atoms with E-state index in [2.05, 4.69) is 36.4 Å². The molecule has 2 aromatic rings. The van der Waals surface area contributed by atoms with Crippen molar-refractivity contribution >= 4 is 33.8 Å². The Kier molecular flexibility index (Phi) is 7.25. The van der Waals surface area contributed by atoms with E-state index < -0.39 is 5.41 Å². The molecule has 5 nitrogen and oxygen atoms in total. The molecule has 0 saturated heterocycles. The minimum Gasteiger partial charge on any atom is -0.388 e. The summed E-state index contributed by atoms with van der Waals surface area (Å²) in [4.78, 5) is 22.2. The molecule has 2 rings (SSSR count). The second-order valence-corrected chi connectivity index (χ2v) is 8.06. The largest absolute Gasteiger partial charge is 0.388 e. The normalized spacial score (nSPS) is 11.3. The lowest BCUT2D eigenvalue weighted by molar-refractivity contribution is -0.126. The number of carbonyl (C=O) groups excluding carboxylic acids is 1. The molecule has 27 heavy (non-hydrogen) atoms. The van der Waals surface area contributed by atoms with Gasteiger partial charge in [0.1, 0.15) is 0 Å². The summed E-state index contributed by atoms with van der Waals surface area (Å²) in [7, 11) is 1.89. The van der Waals surface area contributed by atoms with Crippen LogP contribution >= 0.6 is 11.3 Å². The molecular weight excluding hydrogens is 356 g/mol. The van der Waals surface area contributed by atoms with Crippen molar-refractivity contribution < 1.29 is 4.79 Å². The Morgan fingerprint density at radius 3 is 2.30 bits per heavy atom. The quantitative estimate of drug-likeness (QED) is 0.657. The Morgan fingerprint density at radius 2 is 1.78 bits per heavy atom. The fourth-order valence-electron chi connectivity index (χ4n) is 2.78. The molecule has 0 radical (unpaired) electrons. The van der Waals surface area contributed by atoms with Crippen LogP contribution in [0.2, 0.25) is 0 Å². The number of nitrogens with zero attached hydrogens (tertiary/aromatic N) is 3. The number of rotatable bonds is 9. The van der Waals surface area contributed by atoms with Crippen molar-refractivity contribution in [1.29, 1.82) is 0 Å². The monoisotopic (exact) mass is 388 g/mol. The van der Waals surface area contributed by atoms with Crippen LogP contribution in [0.3, 0.4) is 0 Å². The molecule has 0 aliphatic rings. The van der Waals surface area contributed by atoms with Gasteiger partial charge in [-0.05, 0) is 44.5 Å². The van der Waals surface area contributed by atoms with Gasteiger partial charge in [-0.3, -0.25) is 4.79 Å². The number of amides is 1. The third kappa shape index (κ3) is 5.01. The van der Waals surface area contributed by atoms with Crippen LogP contribution in [0.4, 0.5) is 16.5 Å². The fourth-order valence-corrected chi connectivity index (χ4v) is 3.72. The van der Waals surface area contributed by atoms with Gasteiger partial charge in [0, 0.05) is 42.3 Å². The molecule has 0 unspecified atom stereocenters. The summed E-state index contributed by atoms with van der Waals surface area (Å²) < 4.78 is 0. The standard InChI is InChI=1S/C21H32N4OS/c1-7-21(4,5)19(26)25(18-12-10-16(22-6)11-13-18)14-17-15-27-20(23-17)24(8-2)9-3/h10-13,15,22H,7-9,14H2,1-6H3. The average Bonchev–Trinajstić information content (AvgIpc) is 3.15. The first-order valence-electron chi connectivity index (χ1n) is 9.65. The maximum Gasteiger partial charge on any atom is 0.232 e. The van der Waals surface area contributed by atoms with Crippen molar-refractivity contribution in [3.63, 3.8) is 0 Å². The Balaban J connectivity index is 2.33. The number of thiazole rings is 1. The summed E-state index contributed by atoms with van der Waals surface area (Å²) in [6.45, 7) is 12.7. The van der Waals surface area contributed by atoms with Gasteiger partial charge < -0.3 is 15.1 Å². The summed E-state index contributed by atoms with van der Waals surface area (Å²) >= 11 is 1.64. The van der Waals surface area contributed by atoms with Crippen LogP contribution in [-0.2, 0) is 11.3 Å². The van der Waals surface area contributed by atoms with Crippen LogP contribution in [-0.4, -0.2) is 31.0 Å². The molecular formula is C21H32N4OS. The van der Waals surface area contributed by atoms with E-state index in [9.17, 15) is 4.79 Å². The Morgan fingerprint density at radius 1 is 1.15 bits per heavy atom. The van der Waals surface area contributed by atoms with Crippen LogP contribution in [0.25, 0.3) is 0 Å². The summed E-state index contributed by atoms with van der Waals surface area (Å²) in [5.41, 5.74) is 2.44. The lowest BCUT2D eigenvalue weighted by atomic mass is 9.88. The van der Waals surface area contributed by atoms with E-state index in [-0.39, 0.29) is 5.91 Å². The Bertz CT molecular complexity index is 735. The Hall–Kier alpha value is -2.08. The molecule has 0 atom stereocenters. The number of aromatic nitrogens is 1. The number of benzene rings is 1.